The molecule has 0 aromatic heterocycles. The molecule has 0 aromatic carbocycles. The lowest BCUT2D eigenvalue weighted by Gasteiger charge is -2.07. The molecule has 0 aromatic rings. The van der Waals surface area contributed by atoms with Crippen molar-refractivity contribution >= 4 is 24.8 Å². The Bertz CT molecular complexity index is 156. The number of halogens is 2. The highest BCUT2D eigenvalue weighted by atomic mass is 35.5. The molecule has 4 N–H and O–H groups in total. The molecule has 0 saturated heterocycles. The summed E-state index contributed by atoms with van der Waals surface area (Å²) in [5.74, 6) is 0. The van der Waals surface area contributed by atoms with Gasteiger partial charge < -0.3 is 16.2 Å². The van der Waals surface area contributed by atoms with Crippen LogP contribution < -0.4 is 11.5 Å². The normalized spacial score (nSPS) is 14.8. The Hall–Kier alpha value is -0.540. The standard InChI is InChI=1S/C5H8N2O.2ClH/c6-4-1-2-8-3-5(4)7;;/h1-2H,3,6-7H2;2*1H. The molecule has 0 saturated carbocycles. The average Bonchev–Trinajstić information content (AvgIpc) is 1.77. The van der Waals surface area contributed by atoms with Crippen molar-refractivity contribution in [2.75, 3.05) is 6.61 Å². The van der Waals surface area contributed by atoms with E-state index >= 15 is 0 Å². The molecule has 5 heteroatoms. The first-order valence-corrected chi connectivity index (χ1v) is 2.33. The van der Waals surface area contributed by atoms with E-state index in [-0.39, 0.29) is 24.8 Å². The van der Waals surface area contributed by atoms with Crippen LogP contribution in [0.2, 0.25) is 0 Å². The third-order valence-electron chi connectivity index (χ3n) is 0.953. The predicted octanol–water partition coefficient (Wildman–Crippen LogP) is 0.503. The maximum Gasteiger partial charge on any atom is 0.129 e. The number of hydrogen-bond acceptors (Lipinski definition) is 3. The fourth-order valence-electron chi connectivity index (χ4n) is 0.450. The number of ether oxygens (including phenoxy) is 1. The Morgan fingerprint density at radius 2 is 1.90 bits per heavy atom. The summed E-state index contributed by atoms with van der Waals surface area (Å²) in [5, 5.41) is 0. The van der Waals surface area contributed by atoms with Crippen LogP contribution in [0, 0.1) is 0 Å². The first-order chi connectivity index (χ1) is 3.80. The molecule has 0 bridgehead atoms. The van der Waals surface area contributed by atoms with Crippen molar-refractivity contribution in [3.63, 3.8) is 0 Å². The van der Waals surface area contributed by atoms with Crippen LogP contribution in [0.5, 0.6) is 0 Å². The Morgan fingerprint density at radius 3 is 2.20 bits per heavy atom. The van der Waals surface area contributed by atoms with Gasteiger partial charge in [-0.05, 0) is 6.08 Å². The summed E-state index contributed by atoms with van der Waals surface area (Å²) in [6, 6.07) is 0. The zero-order valence-electron chi connectivity index (χ0n) is 5.24. The van der Waals surface area contributed by atoms with Crippen LogP contribution in [-0.4, -0.2) is 6.61 Å². The predicted molar refractivity (Wildman–Crippen MR) is 45.0 cm³/mol. The Kier molecular flexibility index (Phi) is 6.40. The third kappa shape index (κ3) is 2.85. The Balaban J connectivity index is 0. The summed E-state index contributed by atoms with van der Waals surface area (Å²) < 4.78 is 4.81. The average molecular weight is 185 g/mol. The second-order valence-corrected chi connectivity index (χ2v) is 1.59. The van der Waals surface area contributed by atoms with Crippen molar-refractivity contribution in [3.05, 3.63) is 23.7 Å². The van der Waals surface area contributed by atoms with E-state index in [1.165, 1.54) is 6.26 Å². The van der Waals surface area contributed by atoms with E-state index < -0.39 is 0 Å². The van der Waals surface area contributed by atoms with Crippen LogP contribution >= 0.6 is 24.8 Å². The van der Waals surface area contributed by atoms with E-state index in [1.807, 2.05) is 0 Å². The van der Waals surface area contributed by atoms with E-state index in [0.717, 1.165) is 0 Å². The molecular formula is C5H10Cl2N2O. The number of nitrogens with two attached hydrogens (primary N) is 2. The maximum absolute atomic E-state index is 5.37. The first-order valence-electron chi connectivity index (χ1n) is 2.33. The molecule has 0 fully saturated rings. The highest BCUT2D eigenvalue weighted by molar-refractivity contribution is 5.85. The third-order valence-corrected chi connectivity index (χ3v) is 0.953. The van der Waals surface area contributed by atoms with Crippen LogP contribution in [0.15, 0.2) is 23.7 Å². The van der Waals surface area contributed by atoms with Gasteiger partial charge in [0.1, 0.15) is 6.61 Å². The molecule has 1 heterocycles. The molecule has 0 spiro atoms. The summed E-state index contributed by atoms with van der Waals surface area (Å²) >= 11 is 0. The van der Waals surface area contributed by atoms with Crippen LogP contribution in [0.4, 0.5) is 0 Å². The van der Waals surface area contributed by atoms with Gasteiger partial charge in [-0.3, -0.25) is 0 Å². The van der Waals surface area contributed by atoms with Crippen molar-refractivity contribution < 1.29 is 4.74 Å². The zero-order chi connectivity index (χ0) is 5.98. The van der Waals surface area contributed by atoms with Gasteiger partial charge in [-0.15, -0.1) is 24.8 Å². The van der Waals surface area contributed by atoms with Crippen molar-refractivity contribution in [2.45, 2.75) is 0 Å². The maximum atomic E-state index is 5.37. The van der Waals surface area contributed by atoms with Gasteiger partial charge in [0.2, 0.25) is 0 Å². The summed E-state index contributed by atoms with van der Waals surface area (Å²) in [6.07, 6.45) is 3.17. The molecule has 10 heavy (non-hydrogen) atoms. The molecular weight excluding hydrogens is 175 g/mol. The second-order valence-electron chi connectivity index (χ2n) is 1.59. The molecule has 1 rings (SSSR count). The molecule has 0 atom stereocenters. The Morgan fingerprint density at radius 1 is 1.30 bits per heavy atom. The highest BCUT2D eigenvalue weighted by Crippen LogP contribution is 2.00. The number of allylic oxidation sites excluding steroid dienone is 1. The summed E-state index contributed by atoms with van der Waals surface area (Å²) in [6.45, 7) is 0.419. The van der Waals surface area contributed by atoms with Gasteiger partial charge in [-0.2, -0.15) is 0 Å². The first kappa shape index (κ1) is 12.2. The van der Waals surface area contributed by atoms with Crippen molar-refractivity contribution in [1.82, 2.24) is 0 Å². The zero-order valence-corrected chi connectivity index (χ0v) is 6.87. The van der Waals surface area contributed by atoms with Crippen LogP contribution in [0.25, 0.3) is 0 Å². The van der Waals surface area contributed by atoms with Crippen LogP contribution in [-0.2, 0) is 4.74 Å². The lowest BCUT2D eigenvalue weighted by molar-refractivity contribution is 0.272. The fraction of sp³-hybridized carbons (Fsp3) is 0.200. The van der Waals surface area contributed by atoms with Crippen molar-refractivity contribution in [2.24, 2.45) is 11.5 Å². The van der Waals surface area contributed by atoms with Crippen molar-refractivity contribution in [1.29, 1.82) is 0 Å². The molecule has 1 aliphatic rings. The minimum absolute atomic E-state index is 0. The van der Waals surface area contributed by atoms with Crippen LogP contribution in [0.3, 0.4) is 0 Å². The number of rotatable bonds is 0. The highest BCUT2D eigenvalue weighted by Gasteiger charge is 1.98. The van der Waals surface area contributed by atoms with Gasteiger partial charge in [0, 0.05) is 0 Å². The van der Waals surface area contributed by atoms with Gasteiger partial charge in [-0.25, -0.2) is 0 Å². The van der Waals surface area contributed by atoms with Gasteiger partial charge >= 0.3 is 0 Å². The number of hydrogen-bond donors (Lipinski definition) is 2. The van der Waals surface area contributed by atoms with E-state index in [2.05, 4.69) is 0 Å². The molecule has 0 unspecified atom stereocenters. The topological polar surface area (TPSA) is 61.3 Å². The lowest BCUT2D eigenvalue weighted by Crippen LogP contribution is -2.15. The fourth-order valence-corrected chi connectivity index (χ4v) is 0.450. The summed E-state index contributed by atoms with van der Waals surface area (Å²) in [7, 11) is 0. The van der Waals surface area contributed by atoms with E-state index in [0.29, 0.717) is 18.0 Å². The molecule has 0 aliphatic carbocycles. The largest absolute Gasteiger partial charge is 0.495 e. The minimum atomic E-state index is 0. The SMILES string of the molecule is Cl.Cl.NC1=C(N)COC=C1. The smallest absolute Gasteiger partial charge is 0.129 e. The van der Waals surface area contributed by atoms with E-state index in [1.54, 1.807) is 6.08 Å². The summed E-state index contributed by atoms with van der Waals surface area (Å²) in [5.41, 5.74) is 11.9. The van der Waals surface area contributed by atoms with E-state index in [9.17, 15) is 0 Å². The van der Waals surface area contributed by atoms with Gasteiger partial charge in [0.15, 0.2) is 0 Å². The molecule has 3 nitrogen and oxygen atoms in total. The lowest BCUT2D eigenvalue weighted by atomic mass is 10.3. The van der Waals surface area contributed by atoms with Crippen molar-refractivity contribution in [3.8, 4) is 0 Å². The summed E-state index contributed by atoms with van der Waals surface area (Å²) in [4.78, 5) is 0. The molecule has 60 valence electrons. The monoisotopic (exact) mass is 184 g/mol. The second kappa shape index (κ2) is 5.26. The van der Waals surface area contributed by atoms with Crippen LogP contribution in [0.1, 0.15) is 0 Å². The molecule has 0 radical (unpaired) electrons. The quantitative estimate of drug-likeness (QED) is 0.577. The van der Waals surface area contributed by atoms with Gasteiger partial charge in [0.05, 0.1) is 17.7 Å². The van der Waals surface area contributed by atoms with Gasteiger partial charge in [0.25, 0.3) is 0 Å². The van der Waals surface area contributed by atoms with Gasteiger partial charge in [-0.1, -0.05) is 0 Å². The van der Waals surface area contributed by atoms with E-state index in [4.69, 9.17) is 16.2 Å². The molecule has 0 amide bonds. The molecule has 1 aliphatic heterocycles. The minimum Gasteiger partial charge on any atom is -0.495 e. The Labute approximate surface area is 71.9 Å².